The van der Waals surface area contributed by atoms with Gasteiger partial charge in [-0.1, -0.05) is 12.1 Å². The van der Waals surface area contributed by atoms with E-state index in [4.69, 9.17) is 0 Å². The van der Waals surface area contributed by atoms with Gasteiger partial charge in [-0.15, -0.1) is 0 Å². The lowest BCUT2D eigenvalue weighted by atomic mass is 10.0. The molecule has 110 valence electrons. The minimum Gasteiger partial charge on any atom is -0.361 e. The molecule has 0 saturated heterocycles. The van der Waals surface area contributed by atoms with E-state index in [1.807, 2.05) is 30.5 Å². The molecule has 0 aliphatic rings. The lowest BCUT2D eigenvalue weighted by molar-refractivity contribution is 0.0958. The van der Waals surface area contributed by atoms with E-state index < -0.39 is 0 Å². The first-order valence-electron chi connectivity index (χ1n) is 6.94. The van der Waals surface area contributed by atoms with Crippen LogP contribution in [-0.2, 0) is 6.42 Å². The third kappa shape index (κ3) is 2.61. The fourth-order valence-corrected chi connectivity index (χ4v) is 2.51. The lowest BCUT2D eigenvalue weighted by Gasteiger charge is -2.07. The highest BCUT2D eigenvalue weighted by molar-refractivity contribution is 5.93. The summed E-state index contributed by atoms with van der Waals surface area (Å²) in [6.45, 7) is 0. The molecular formula is C17H15N3O2. The summed E-state index contributed by atoms with van der Waals surface area (Å²) in [6, 6.07) is 11.2. The summed E-state index contributed by atoms with van der Waals surface area (Å²) in [5.41, 5.74) is 3.54. The zero-order valence-corrected chi connectivity index (χ0v) is 12.1. The number of aldehydes is 1. The van der Waals surface area contributed by atoms with Crippen molar-refractivity contribution in [2.24, 2.45) is 0 Å². The van der Waals surface area contributed by atoms with Gasteiger partial charge in [0.2, 0.25) is 0 Å². The second-order valence-electron chi connectivity index (χ2n) is 5.01. The monoisotopic (exact) mass is 293 g/mol. The molecule has 1 amide bonds. The largest absolute Gasteiger partial charge is 0.361 e. The Labute approximate surface area is 127 Å². The number of hydrogen-bond acceptors (Lipinski definition) is 3. The summed E-state index contributed by atoms with van der Waals surface area (Å²) >= 11 is 0. The number of amides is 1. The van der Waals surface area contributed by atoms with Gasteiger partial charge in [-0.25, -0.2) is 4.98 Å². The van der Waals surface area contributed by atoms with Crippen LogP contribution in [-0.4, -0.2) is 29.2 Å². The number of carbonyl (C=O) groups is 2. The maximum absolute atomic E-state index is 11.8. The van der Waals surface area contributed by atoms with E-state index >= 15 is 0 Å². The van der Waals surface area contributed by atoms with Gasteiger partial charge in [-0.3, -0.25) is 9.59 Å². The van der Waals surface area contributed by atoms with Crippen molar-refractivity contribution in [3.8, 4) is 0 Å². The number of aromatic amines is 1. The van der Waals surface area contributed by atoms with Crippen LogP contribution in [0.2, 0.25) is 0 Å². The van der Waals surface area contributed by atoms with Crippen LogP contribution < -0.4 is 5.32 Å². The molecular weight excluding hydrogens is 278 g/mol. The molecule has 2 N–H and O–H groups in total. The Bertz CT molecular complexity index is 852. The van der Waals surface area contributed by atoms with Crippen molar-refractivity contribution < 1.29 is 9.59 Å². The van der Waals surface area contributed by atoms with Crippen molar-refractivity contribution in [2.45, 2.75) is 6.42 Å². The van der Waals surface area contributed by atoms with Gasteiger partial charge in [0, 0.05) is 41.8 Å². The van der Waals surface area contributed by atoms with Gasteiger partial charge in [0.15, 0.2) is 0 Å². The third-order valence-electron chi connectivity index (χ3n) is 3.55. The zero-order valence-electron chi connectivity index (χ0n) is 12.1. The molecule has 0 aliphatic carbocycles. The normalized spacial score (nSPS) is 10.6. The Morgan fingerprint density at radius 2 is 2.18 bits per heavy atom. The summed E-state index contributed by atoms with van der Waals surface area (Å²) < 4.78 is 0. The smallest absolute Gasteiger partial charge is 0.269 e. The van der Waals surface area contributed by atoms with Crippen LogP contribution in [0.15, 0.2) is 42.6 Å². The van der Waals surface area contributed by atoms with Crippen molar-refractivity contribution in [2.75, 3.05) is 7.05 Å². The first-order chi connectivity index (χ1) is 10.7. The van der Waals surface area contributed by atoms with Crippen LogP contribution >= 0.6 is 0 Å². The summed E-state index contributed by atoms with van der Waals surface area (Å²) in [4.78, 5) is 30.4. The fourth-order valence-electron chi connectivity index (χ4n) is 2.51. The maximum atomic E-state index is 11.8. The highest BCUT2D eigenvalue weighted by Gasteiger charge is 2.10. The lowest BCUT2D eigenvalue weighted by Crippen LogP contribution is -2.20. The fraction of sp³-hybridized carbons (Fsp3) is 0.118. The van der Waals surface area contributed by atoms with E-state index in [9.17, 15) is 9.59 Å². The van der Waals surface area contributed by atoms with Gasteiger partial charge in [-0.05, 0) is 29.8 Å². The van der Waals surface area contributed by atoms with Crippen LogP contribution in [0.3, 0.4) is 0 Å². The number of fused-ring (bicyclic) bond motifs is 1. The SMILES string of the molecule is CNC(=O)c1cc(C=O)cc(Cc2cccc3[nH]ccc23)n1. The van der Waals surface area contributed by atoms with Crippen LogP contribution in [0.5, 0.6) is 0 Å². The quantitative estimate of drug-likeness (QED) is 0.725. The van der Waals surface area contributed by atoms with E-state index in [-0.39, 0.29) is 11.6 Å². The molecule has 0 fully saturated rings. The van der Waals surface area contributed by atoms with Gasteiger partial charge in [0.05, 0.1) is 0 Å². The number of pyridine rings is 1. The standard InChI is InChI=1S/C17H15N3O2/c1-18-17(22)16-8-11(10-21)7-13(20-16)9-12-3-2-4-15-14(12)5-6-19-15/h2-8,10,19H,9H2,1H3,(H,18,22). The highest BCUT2D eigenvalue weighted by atomic mass is 16.1. The van der Waals surface area contributed by atoms with Gasteiger partial charge < -0.3 is 10.3 Å². The van der Waals surface area contributed by atoms with Crippen molar-refractivity contribution in [1.29, 1.82) is 0 Å². The summed E-state index contributed by atoms with van der Waals surface area (Å²) in [5.74, 6) is -0.301. The van der Waals surface area contributed by atoms with Crippen molar-refractivity contribution in [1.82, 2.24) is 15.3 Å². The number of carbonyl (C=O) groups excluding carboxylic acids is 2. The van der Waals surface area contributed by atoms with E-state index in [0.717, 1.165) is 22.8 Å². The second kappa shape index (κ2) is 5.81. The molecule has 0 unspecified atom stereocenters. The Morgan fingerprint density at radius 3 is 2.95 bits per heavy atom. The van der Waals surface area contributed by atoms with Gasteiger partial charge in [0.1, 0.15) is 12.0 Å². The van der Waals surface area contributed by atoms with Crippen molar-refractivity contribution in [3.05, 3.63) is 65.1 Å². The Kier molecular flexibility index (Phi) is 3.70. The van der Waals surface area contributed by atoms with Crippen LogP contribution in [0, 0.1) is 0 Å². The average molecular weight is 293 g/mol. The molecule has 5 nitrogen and oxygen atoms in total. The predicted octanol–water partition coefficient (Wildman–Crippen LogP) is 2.33. The topological polar surface area (TPSA) is 74.8 Å². The molecule has 5 heteroatoms. The first-order valence-corrected chi connectivity index (χ1v) is 6.94. The molecule has 2 aromatic heterocycles. The number of hydrogen-bond donors (Lipinski definition) is 2. The van der Waals surface area contributed by atoms with E-state index in [1.165, 1.54) is 13.1 Å². The average Bonchev–Trinajstić information content (AvgIpc) is 3.03. The minimum absolute atomic E-state index is 0.253. The van der Waals surface area contributed by atoms with Crippen molar-refractivity contribution >= 4 is 23.1 Å². The second-order valence-corrected chi connectivity index (χ2v) is 5.01. The Balaban J connectivity index is 2.03. The molecule has 3 rings (SSSR count). The van der Waals surface area contributed by atoms with Crippen LogP contribution in [0.4, 0.5) is 0 Å². The molecule has 0 radical (unpaired) electrons. The molecule has 1 aromatic carbocycles. The number of nitrogens with one attached hydrogen (secondary N) is 2. The Hall–Kier alpha value is -2.95. The van der Waals surface area contributed by atoms with E-state index in [2.05, 4.69) is 15.3 Å². The molecule has 0 spiro atoms. The number of H-pyrrole nitrogens is 1. The molecule has 2 heterocycles. The van der Waals surface area contributed by atoms with E-state index in [0.29, 0.717) is 17.7 Å². The van der Waals surface area contributed by atoms with E-state index in [1.54, 1.807) is 6.07 Å². The highest BCUT2D eigenvalue weighted by Crippen LogP contribution is 2.20. The molecule has 22 heavy (non-hydrogen) atoms. The van der Waals surface area contributed by atoms with Crippen LogP contribution in [0.25, 0.3) is 10.9 Å². The molecule has 3 aromatic rings. The number of rotatable bonds is 4. The summed E-state index contributed by atoms with van der Waals surface area (Å²) in [5, 5.41) is 3.64. The zero-order chi connectivity index (χ0) is 15.5. The predicted molar refractivity (Wildman–Crippen MR) is 84.1 cm³/mol. The molecule has 0 bridgehead atoms. The first kappa shape index (κ1) is 14.0. The van der Waals surface area contributed by atoms with Gasteiger partial charge >= 0.3 is 0 Å². The number of aromatic nitrogens is 2. The van der Waals surface area contributed by atoms with Gasteiger partial charge in [0.25, 0.3) is 5.91 Å². The minimum atomic E-state index is -0.301. The van der Waals surface area contributed by atoms with Crippen molar-refractivity contribution in [3.63, 3.8) is 0 Å². The summed E-state index contributed by atoms with van der Waals surface area (Å²) in [7, 11) is 1.54. The molecule has 0 saturated carbocycles. The third-order valence-corrected chi connectivity index (χ3v) is 3.55. The molecule has 0 atom stereocenters. The Morgan fingerprint density at radius 1 is 1.32 bits per heavy atom. The number of benzene rings is 1. The van der Waals surface area contributed by atoms with Crippen LogP contribution in [0.1, 0.15) is 32.1 Å². The maximum Gasteiger partial charge on any atom is 0.269 e. The number of nitrogens with zero attached hydrogens (tertiary/aromatic N) is 1. The summed E-state index contributed by atoms with van der Waals surface area (Å²) in [6.07, 6.45) is 3.18. The molecule has 0 aliphatic heterocycles. The van der Waals surface area contributed by atoms with Gasteiger partial charge in [-0.2, -0.15) is 0 Å².